The van der Waals surface area contributed by atoms with E-state index in [2.05, 4.69) is 50.0 Å². The van der Waals surface area contributed by atoms with Crippen LogP contribution in [0.5, 0.6) is 0 Å². The van der Waals surface area contributed by atoms with Crippen LogP contribution in [0.3, 0.4) is 0 Å². The molecule has 0 aromatic carbocycles. The molecule has 0 aliphatic carbocycles. The second-order valence-corrected chi connectivity index (χ2v) is 11.0. The Balaban J connectivity index is 1.48. The first kappa shape index (κ1) is 27.8. The SMILES string of the molecule is CCCCCC(C)C(C)C1CCN(c2ccc(NCCCC3(C(=O)OC)CCOCC3)c(C)n2)C1. The Morgan fingerprint density at radius 2 is 2.03 bits per heavy atom. The predicted octanol–water partition coefficient (Wildman–Crippen LogP) is 6.23. The van der Waals surface area contributed by atoms with Gasteiger partial charge in [0.05, 0.1) is 23.9 Å². The van der Waals surface area contributed by atoms with Gasteiger partial charge in [-0.2, -0.15) is 0 Å². The predicted molar refractivity (Wildman–Crippen MR) is 144 cm³/mol. The van der Waals surface area contributed by atoms with Crippen LogP contribution in [0.2, 0.25) is 0 Å². The maximum Gasteiger partial charge on any atom is 0.311 e. The Morgan fingerprint density at radius 3 is 2.71 bits per heavy atom. The molecule has 1 aromatic rings. The van der Waals surface area contributed by atoms with E-state index >= 15 is 0 Å². The highest BCUT2D eigenvalue weighted by atomic mass is 16.5. The average Bonchev–Trinajstić information content (AvgIpc) is 3.37. The summed E-state index contributed by atoms with van der Waals surface area (Å²) in [5, 5.41) is 3.55. The molecule has 0 radical (unpaired) electrons. The second-order valence-electron chi connectivity index (χ2n) is 11.0. The Morgan fingerprint density at radius 1 is 1.26 bits per heavy atom. The van der Waals surface area contributed by atoms with Crippen LogP contribution < -0.4 is 10.2 Å². The van der Waals surface area contributed by atoms with Gasteiger partial charge in [-0.3, -0.25) is 4.79 Å². The number of pyridine rings is 1. The molecule has 2 aliphatic rings. The van der Waals surface area contributed by atoms with Gasteiger partial charge in [0, 0.05) is 32.8 Å². The molecule has 6 nitrogen and oxygen atoms in total. The van der Waals surface area contributed by atoms with Crippen LogP contribution in [0.1, 0.15) is 84.3 Å². The van der Waals surface area contributed by atoms with Crippen LogP contribution in [0.25, 0.3) is 0 Å². The molecule has 1 aromatic heterocycles. The number of methoxy groups -OCH3 is 1. The highest BCUT2D eigenvalue weighted by Crippen LogP contribution is 2.37. The van der Waals surface area contributed by atoms with Gasteiger partial charge >= 0.3 is 5.97 Å². The number of ether oxygens (including phenoxy) is 2. The zero-order valence-electron chi connectivity index (χ0n) is 22.9. The van der Waals surface area contributed by atoms with E-state index in [-0.39, 0.29) is 11.4 Å². The summed E-state index contributed by atoms with van der Waals surface area (Å²) in [5.74, 6) is 3.35. The normalized spacial score (nSPS) is 21.5. The molecule has 35 heavy (non-hydrogen) atoms. The standard InChI is InChI=1S/C29H49N3O3/c1-6-7-8-10-22(2)23(3)25-13-18-32(21-25)27-12-11-26(24(4)31-27)30-17-9-14-29(28(33)34-5)15-19-35-20-16-29/h11-12,22-23,25,30H,6-10,13-21H2,1-5H3. The number of carbonyl (C=O) groups is 1. The minimum Gasteiger partial charge on any atom is -0.469 e. The number of aryl methyl sites for hydroxylation is 1. The van der Waals surface area contributed by atoms with Crippen molar-refractivity contribution in [3.05, 3.63) is 17.8 Å². The average molecular weight is 488 g/mol. The number of carbonyl (C=O) groups excluding carboxylic acids is 1. The Labute approximate surface area is 213 Å². The number of unbranched alkanes of at least 4 members (excludes halogenated alkanes) is 2. The van der Waals surface area contributed by atoms with E-state index in [9.17, 15) is 4.79 Å². The van der Waals surface area contributed by atoms with Gasteiger partial charge in [-0.15, -0.1) is 0 Å². The fourth-order valence-electron chi connectivity index (χ4n) is 5.96. The summed E-state index contributed by atoms with van der Waals surface area (Å²) in [6, 6.07) is 4.34. The lowest BCUT2D eigenvalue weighted by atomic mass is 9.76. The lowest BCUT2D eigenvalue weighted by Crippen LogP contribution is -2.38. The first-order valence-electron chi connectivity index (χ1n) is 14.0. The fraction of sp³-hybridized carbons (Fsp3) is 0.793. The zero-order valence-corrected chi connectivity index (χ0v) is 22.9. The molecule has 3 heterocycles. The number of rotatable bonds is 13. The lowest BCUT2D eigenvalue weighted by molar-refractivity contribution is -0.159. The first-order valence-corrected chi connectivity index (χ1v) is 14.0. The smallest absolute Gasteiger partial charge is 0.311 e. The minimum absolute atomic E-state index is 0.0865. The molecule has 6 heteroatoms. The van der Waals surface area contributed by atoms with Crippen molar-refractivity contribution in [3.8, 4) is 0 Å². The molecule has 1 N–H and O–H groups in total. The number of esters is 1. The summed E-state index contributed by atoms with van der Waals surface area (Å²) in [6.45, 7) is 13.6. The van der Waals surface area contributed by atoms with E-state index in [1.54, 1.807) is 0 Å². The molecule has 2 saturated heterocycles. The molecule has 0 bridgehead atoms. The van der Waals surface area contributed by atoms with Crippen LogP contribution in [0.15, 0.2) is 12.1 Å². The van der Waals surface area contributed by atoms with Crippen molar-refractivity contribution in [3.63, 3.8) is 0 Å². The van der Waals surface area contributed by atoms with Crippen molar-refractivity contribution in [2.75, 3.05) is 50.2 Å². The zero-order chi connectivity index (χ0) is 25.3. The molecule has 2 aliphatic heterocycles. The largest absolute Gasteiger partial charge is 0.469 e. The molecule has 3 rings (SSSR count). The van der Waals surface area contributed by atoms with Gasteiger partial charge in [0.2, 0.25) is 0 Å². The number of nitrogens with one attached hydrogen (secondary N) is 1. The van der Waals surface area contributed by atoms with Gasteiger partial charge < -0.3 is 19.7 Å². The van der Waals surface area contributed by atoms with Gasteiger partial charge in [0.1, 0.15) is 5.82 Å². The molecule has 0 amide bonds. The van der Waals surface area contributed by atoms with Crippen molar-refractivity contribution in [2.24, 2.45) is 23.2 Å². The summed E-state index contributed by atoms with van der Waals surface area (Å²) in [4.78, 5) is 19.8. The van der Waals surface area contributed by atoms with Crippen molar-refractivity contribution in [1.29, 1.82) is 0 Å². The van der Waals surface area contributed by atoms with Crippen molar-refractivity contribution in [2.45, 2.75) is 85.5 Å². The highest BCUT2D eigenvalue weighted by Gasteiger charge is 2.40. The van der Waals surface area contributed by atoms with E-state index in [0.717, 1.165) is 80.3 Å². The van der Waals surface area contributed by atoms with Crippen molar-refractivity contribution < 1.29 is 14.3 Å². The van der Waals surface area contributed by atoms with Crippen LogP contribution >= 0.6 is 0 Å². The molecule has 0 spiro atoms. The van der Waals surface area contributed by atoms with E-state index in [1.807, 2.05) is 0 Å². The summed E-state index contributed by atoms with van der Waals surface area (Å²) < 4.78 is 10.6. The molecular formula is C29H49N3O3. The molecule has 3 atom stereocenters. The maximum absolute atomic E-state index is 12.4. The Hall–Kier alpha value is -1.82. The Kier molecular flexibility index (Phi) is 10.7. The van der Waals surface area contributed by atoms with Crippen LogP contribution in [0, 0.1) is 30.1 Å². The third kappa shape index (κ3) is 7.34. The van der Waals surface area contributed by atoms with E-state index in [4.69, 9.17) is 14.5 Å². The van der Waals surface area contributed by atoms with Gasteiger partial charge in [-0.05, 0) is 68.9 Å². The van der Waals surface area contributed by atoms with Gasteiger partial charge in [0.25, 0.3) is 0 Å². The molecule has 198 valence electrons. The lowest BCUT2D eigenvalue weighted by Gasteiger charge is -2.34. The minimum atomic E-state index is -0.386. The third-order valence-electron chi connectivity index (χ3n) is 8.74. The molecule has 3 unspecified atom stereocenters. The topological polar surface area (TPSA) is 63.7 Å². The first-order chi connectivity index (χ1) is 16.9. The number of hydrogen-bond donors (Lipinski definition) is 1. The van der Waals surface area contributed by atoms with E-state index in [0.29, 0.717) is 13.2 Å². The van der Waals surface area contributed by atoms with Crippen LogP contribution in [-0.2, 0) is 14.3 Å². The summed E-state index contributed by atoms with van der Waals surface area (Å²) in [5.41, 5.74) is 1.74. The van der Waals surface area contributed by atoms with Crippen molar-refractivity contribution >= 4 is 17.5 Å². The number of aromatic nitrogens is 1. The second kappa shape index (κ2) is 13.5. The van der Waals surface area contributed by atoms with E-state index < -0.39 is 0 Å². The molecule has 0 saturated carbocycles. The Bertz CT molecular complexity index is 793. The van der Waals surface area contributed by atoms with Gasteiger partial charge in [0.15, 0.2) is 0 Å². The number of nitrogens with zero attached hydrogens (tertiary/aromatic N) is 2. The summed E-state index contributed by atoms with van der Waals surface area (Å²) in [6.07, 6.45) is 9.90. The summed E-state index contributed by atoms with van der Waals surface area (Å²) >= 11 is 0. The number of hydrogen-bond acceptors (Lipinski definition) is 6. The molecular weight excluding hydrogens is 438 g/mol. The molecule has 2 fully saturated rings. The van der Waals surface area contributed by atoms with Gasteiger partial charge in [-0.1, -0.05) is 46.5 Å². The van der Waals surface area contributed by atoms with Crippen LogP contribution in [0.4, 0.5) is 11.5 Å². The van der Waals surface area contributed by atoms with Crippen molar-refractivity contribution in [1.82, 2.24) is 4.98 Å². The van der Waals surface area contributed by atoms with Gasteiger partial charge in [-0.25, -0.2) is 4.98 Å². The summed E-state index contributed by atoms with van der Waals surface area (Å²) in [7, 11) is 1.49. The fourth-order valence-corrected chi connectivity index (χ4v) is 5.96. The van der Waals surface area contributed by atoms with E-state index in [1.165, 1.54) is 39.2 Å². The monoisotopic (exact) mass is 487 g/mol. The van der Waals surface area contributed by atoms with Crippen LogP contribution in [-0.4, -0.2) is 50.9 Å². The quantitative estimate of drug-likeness (QED) is 0.263. The maximum atomic E-state index is 12.4. The number of anilines is 2. The highest BCUT2D eigenvalue weighted by molar-refractivity contribution is 5.76. The third-order valence-corrected chi connectivity index (χ3v) is 8.74.